The Morgan fingerprint density at radius 2 is 2.24 bits per heavy atom. The third kappa shape index (κ3) is 3.84. The highest BCUT2D eigenvalue weighted by molar-refractivity contribution is 5.20. The van der Waals surface area contributed by atoms with Crippen molar-refractivity contribution < 1.29 is 9.15 Å². The molecule has 0 saturated carbocycles. The van der Waals surface area contributed by atoms with E-state index in [2.05, 4.69) is 24.8 Å². The molecule has 0 amide bonds. The fourth-order valence-electron chi connectivity index (χ4n) is 1.99. The summed E-state index contributed by atoms with van der Waals surface area (Å²) in [6, 6.07) is 2.46. The first kappa shape index (κ1) is 14.2. The fraction of sp³-hybridized carbons (Fsp3) is 0.692. The third-order valence-electron chi connectivity index (χ3n) is 3.08. The Hall–Kier alpha value is -0.840. The Balaban J connectivity index is 2.69. The summed E-state index contributed by atoms with van der Waals surface area (Å²) in [6.07, 6.45) is 0. The monoisotopic (exact) mass is 240 g/mol. The molecule has 1 atom stereocenters. The molecule has 4 heteroatoms. The van der Waals surface area contributed by atoms with Crippen LogP contribution in [0.3, 0.4) is 0 Å². The predicted octanol–water partition coefficient (Wildman–Crippen LogP) is 1.90. The van der Waals surface area contributed by atoms with Gasteiger partial charge in [-0.2, -0.15) is 0 Å². The number of hydrogen-bond acceptors (Lipinski definition) is 4. The Morgan fingerprint density at radius 1 is 1.53 bits per heavy atom. The van der Waals surface area contributed by atoms with Crippen LogP contribution in [-0.4, -0.2) is 31.2 Å². The molecule has 0 fully saturated rings. The molecule has 0 saturated heterocycles. The smallest absolute Gasteiger partial charge is 0.118 e. The van der Waals surface area contributed by atoms with Gasteiger partial charge in [-0.05, 0) is 26.5 Å². The molecule has 0 aliphatic carbocycles. The lowest BCUT2D eigenvalue weighted by atomic mass is 10.2. The maximum atomic E-state index is 5.58. The van der Waals surface area contributed by atoms with Gasteiger partial charge in [-0.25, -0.2) is 0 Å². The summed E-state index contributed by atoms with van der Waals surface area (Å²) in [5.41, 5.74) is 6.79. The van der Waals surface area contributed by atoms with E-state index in [0.717, 1.165) is 31.2 Å². The minimum atomic E-state index is 0.403. The van der Waals surface area contributed by atoms with Gasteiger partial charge in [0, 0.05) is 25.3 Å². The van der Waals surface area contributed by atoms with Gasteiger partial charge in [-0.15, -0.1) is 0 Å². The van der Waals surface area contributed by atoms with Gasteiger partial charge in [0.2, 0.25) is 0 Å². The zero-order chi connectivity index (χ0) is 12.8. The molecule has 1 aromatic heterocycles. The molecule has 1 aromatic rings. The van der Waals surface area contributed by atoms with Crippen LogP contribution in [0.25, 0.3) is 0 Å². The molecule has 4 nitrogen and oxygen atoms in total. The lowest BCUT2D eigenvalue weighted by Crippen LogP contribution is -2.35. The maximum Gasteiger partial charge on any atom is 0.118 e. The molecule has 0 aromatic carbocycles. The van der Waals surface area contributed by atoms with Crippen molar-refractivity contribution >= 4 is 0 Å². The molecule has 1 heterocycles. The van der Waals surface area contributed by atoms with Crippen molar-refractivity contribution in [3.63, 3.8) is 0 Å². The van der Waals surface area contributed by atoms with Gasteiger partial charge in [-0.3, -0.25) is 4.90 Å². The van der Waals surface area contributed by atoms with Crippen LogP contribution in [0.5, 0.6) is 0 Å². The summed E-state index contributed by atoms with van der Waals surface area (Å²) in [5, 5.41) is 0. The van der Waals surface area contributed by atoms with Gasteiger partial charge in [0.25, 0.3) is 0 Å². The normalized spacial score (nSPS) is 13.3. The standard InChI is InChI=1S/C13H24N2O2/c1-5-15(10(2)9-16-4)8-12-6-13(7-14)17-11(12)3/h6,10H,5,7-9,14H2,1-4H3. The number of furan rings is 1. The van der Waals surface area contributed by atoms with Gasteiger partial charge in [-0.1, -0.05) is 6.92 Å². The molecule has 0 aliphatic rings. The molecular formula is C13H24N2O2. The Morgan fingerprint density at radius 3 is 2.71 bits per heavy atom. The first-order chi connectivity index (χ1) is 8.12. The van der Waals surface area contributed by atoms with E-state index in [1.54, 1.807) is 7.11 Å². The zero-order valence-corrected chi connectivity index (χ0v) is 11.3. The Bertz CT molecular complexity index is 336. The van der Waals surface area contributed by atoms with Crippen LogP contribution < -0.4 is 5.73 Å². The summed E-state index contributed by atoms with van der Waals surface area (Å²) in [6.45, 7) is 9.40. The number of likely N-dealkylation sites (N-methyl/N-ethyl adjacent to an activating group) is 1. The number of ether oxygens (including phenoxy) is 1. The largest absolute Gasteiger partial charge is 0.465 e. The molecule has 1 unspecified atom stereocenters. The van der Waals surface area contributed by atoms with Crippen LogP contribution in [0.4, 0.5) is 0 Å². The predicted molar refractivity (Wildman–Crippen MR) is 68.8 cm³/mol. The fourth-order valence-corrected chi connectivity index (χ4v) is 1.99. The summed E-state index contributed by atoms with van der Waals surface area (Å²) in [5.74, 6) is 1.82. The summed E-state index contributed by atoms with van der Waals surface area (Å²) < 4.78 is 10.8. The maximum absolute atomic E-state index is 5.58. The molecule has 0 spiro atoms. The van der Waals surface area contributed by atoms with E-state index < -0.39 is 0 Å². The minimum Gasteiger partial charge on any atom is -0.465 e. The van der Waals surface area contributed by atoms with Crippen molar-refractivity contribution in [3.05, 3.63) is 23.2 Å². The Kier molecular flexibility index (Phi) is 5.68. The van der Waals surface area contributed by atoms with Crippen molar-refractivity contribution in [1.29, 1.82) is 0 Å². The van der Waals surface area contributed by atoms with Gasteiger partial charge in [0.05, 0.1) is 13.2 Å². The molecule has 0 radical (unpaired) electrons. The number of nitrogens with two attached hydrogens (primary N) is 1. The topological polar surface area (TPSA) is 51.6 Å². The number of rotatable bonds is 7. The molecule has 2 N–H and O–H groups in total. The SMILES string of the molecule is CCN(Cc1cc(CN)oc1C)C(C)COC. The second-order valence-electron chi connectivity index (χ2n) is 4.37. The van der Waals surface area contributed by atoms with Crippen LogP contribution >= 0.6 is 0 Å². The van der Waals surface area contributed by atoms with Crippen LogP contribution in [0.15, 0.2) is 10.5 Å². The lowest BCUT2D eigenvalue weighted by molar-refractivity contribution is 0.0979. The van der Waals surface area contributed by atoms with Gasteiger partial charge < -0.3 is 14.9 Å². The zero-order valence-electron chi connectivity index (χ0n) is 11.3. The van der Waals surface area contributed by atoms with Crippen LogP contribution in [-0.2, 0) is 17.8 Å². The number of hydrogen-bond donors (Lipinski definition) is 1. The van der Waals surface area contributed by atoms with E-state index in [9.17, 15) is 0 Å². The minimum absolute atomic E-state index is 0.403. The van der Waals surface area contributed by atoms with Crippen molar-refractivity contribution in [1.82, 2.24) is 4.90 Å². The van der Waals surface area contributed by atoms with Crippen molar-refractivity contribution in [2.75, 3.05) is 20.3 Å². The highest BCUT2D eigenvalue weighted by atomic mass is 16.5. The van der Waals surface area contributed by atoms with E-state index in [1.165, 1.54) is 5.56 Å². The molecule has 0 aliphatic heterocycles. The molecule has 1 rings (SSSR count). The van der Waals surface area contributed by atoms with Gasteiger partial charge >= 0.3 is 0 Å². The first-order valence-electron chi connectivity index (χ1n) is 6.13. The molecule has 0 bridgehead atoms. The Labute approximate surface area is 104 Å². The third-order valence-corrected chi connectivity index (χ3v) is 3.08. The van der Waals surface area contributed by atoms with Gasteiger partial charge in [0.1, 0.15) is 11.5 Å². The number of nitrogens with zero attached hydrogens (tertiary/aromatic N) is 1. The second kappa shape index (κ2) is 6.79. The average molecular weight is 240 g/mol. The molecular weight excluding hydrogens is 216 g/mol. The molecule has 98 valence electrons. The summed E-state index contributed by atoms with van der Waals surface area (Å²) in [7, 11) is 1.74. The van der Waals surface area contributed by atoms with Crippen LogP contribution in [0.1, 0.15) is 30.9 Å². The van der Waals surface area contributed by atoms with Crippen LogP contribution in [0.2, 0.25) is 0 Å². The van der Waals surface area contributed by atoms with Crippen molar-refractivity contribution in [2.45, 2.75) is 39.9 Å². The van der Waals surface area contributed by atoms with Gasteiger partial charge in [0.15, 0.2) is 0 Å². The highest BCUT2D eigenvalue weighted by Crippen LogP contribution is 2.17. The van der Waals surface area contributed by atoms with Crippen molar-refractivity contribution in [2.24, 2.45) is 5.73 Å². The summed E-state index contributed by atoms with van der Waals surface area (Å²) >= 11 is 0. The lowest BCUT2D eigenvalue weighted by Gasteiger charge is -2.26. The van der Waals surface area contributed by atoms with Crippen molar-refractivity contribution in [3.8, 4) is 0 Å². The summed E-state index contributed by atoms with van der Waals surface area (Å²) in [4.78, 5) is 2.36. The number of methoxy groups -OCH3 is 1. The van der Waals surface area contributed by atoms with E-state index in [4.69, 9.17) is 14.9 Å². The quantitative estimate of drug-likeness (QED) is 0.791. The second-order valence-corrected chi connectivity index (χ2v) is 4.37. The molecule has 17 heavy (non-hydrogen) atoms. The average Bonchev–Trinajstić information content (AvgIpc) is 2.67. The van der Waals surface area contributed by atoms with E-state index in [1.807, 2.05) is 6.92 Å². The number of aryl methyl sites for hydroxylation is 1. The van der Waals surface area contributed by atoms with Crippen LogP contribution in [0, 0.1) is 6.92 Å². The van der Waals surface area contributed by atoms with E-state index in [0.29, 0.717) is 12.6 Å². The van der Waals surface area contributed by atoms with E-state index in [-0.39, 0.29) is 0 Å². The first-order valence-corrected chi connectivity index (χ1v) is 6.13. The highest BCUT2D eigenvalue weighted by Gasteiger charge is 2.15. The van der Waals surface area contributed by atoms with E-state index >= 15 is 0 Å².